The first-order chi connectivity index (χ1) is 7.59. The van der Waals surface area contributed by atoms with E-state index in [4.69, 9.17) is 23.2 Å². The Hall–Kier alpha value is -0.570. The largest absolute Gasteiger partial charge is 0.207 e. The Labute approximate surface area is 108 Å². The first-order valence-corrected chi connectivity index (χ1v) is 6.42. The van der Waals surface area contributed by atoms with Crippen LogP contribution in [0.5, 0.6) is 0 Å². The number of alkyl halides is 1. The summed E-state index contributed by atoms with van der Waals surface area (Å²) < 4.78 is 13.1. The number of hydrogen-bond acceptors (Lipinski definition) is 1. The van der Waals surface area contributed by atoms with Gasteiger partial charge in [-0.25, -0.2) is 4.39 Å². The van der Waals surface area contributed by atoms with Crippen LogP contribution in [0.4, 0.5) is 4.39 Å². The zero-order valence-electron chi connectivity index (χ0n) is 8.51. The van der Waals surface area contributed by atoms with Gasteiger partial charge < -0.3 is 0 Å². The van der Waals surface area contributed by atoms with Crippen LogP contribution in [0.1, 0.15) is 21.4 Å². The summed E-state index contributed by atoms with van der Waals surface area (Å²) in [6.07, 6.45) is 0. The van der Waals surface area contributed by atoms with Crippen molar-refractivity contribution in [3.8, 4) is 0 Å². The molecule has 2 aromatic rings. The predicted octanol–water partition coefficient (Wildman–Crippen LogP) is 5.18. The standard InChI is InChI=1S/C12H9Cl2FS/c1-7-6-8(2-3-10(7)15)11(14)12-9(13)4-5-16-12/h2-6,11H,1H3. The molecule has 0 amide bonds. The average Bonchev–Trinajstić information content (AvgIpc) is 2.67. The summed E-state index contributed by atoms with van der Waals surface area (Å²) in [5, 5.41) is 2.24. The van der Waals surface area contributed by atoms with Gasteiger partial charge in [-0.2, -0.15) is 0 Å². The van der Waals surface area contributed by atoms with E-state index in [0.29, 0.717) is 10.6 Å². The Bertz CT molecular complexity index is 507. The quantitative estimate of drug-likeness (QED) is 0.663. The third-order valence-corrected chi connectivity index (χ3v) is 4.37. The van der Waals surface area contributed by atoms with Gasteiger partial charge in [-0.3, -0.25) is 0 Å². The van der Waals surface area contributed by atoms with Gasteiger partial charge in [0.1, 0.15) is 5.82 Å². The Morgan fingerprint density at radius 1 is 1.31 bits per heavy atom. The monoisotopic (exact) mass is 274 g/mol. The van der Waals surface area contributed by atoms with Gasteiger partial charge in [0.2, 0.25) is 0 Å². The number of aryl methyl sites for hydroxylation is 1. The van der Waals surface area contributed by atoms with Crippen LogP contribution < -0.4 is 0 Å². The lowest BCUT2D eigenvalue weighted by atomic mass is 10.1. The van der Waals surface area contributed by atoms with E-state index >= 15 is 0 Å². The van der Waals surface area contributed by atoms with Crippen LogP contribution in [0, 0.1) is 12.7 Å². The van der Waals surface area contributed by atoms with Crippen LogP contribution in [0.25, 0.3) is 0 Å². The summed E-state index contributed by atoms with van der Waals surface area (Å²) >= 11 is 13.8. The predicted molar refractivity (Wildman–Crippen MR) is 68.2 cm³/mol. The average molecular weight is 275 g/mol. The van der Waals surface area contributed by atoms with E-state index in [1.165, 1.54) is 17.4 Å². The molecule has 1 unspecified atom stereocenters. The first kappa shape index (κ1) is 11.9. The van der Waals surface area contributed by atoms with Crippen molar-refractivity contribution in [2.24, 2.45) is 0 Å². The van der Waals surface area contributed by atoms with Crippen LogP contribution in [0.2, 0.25) is 5.02 Å². The summed E-state index contributed by atoms with van der Waals surface area (Å²) in [5.41, 5.74) is 1.46. The minimum absolute atomic E-state index is 0.218. The Morgan fingerprint density at radius 2 is 2.06 bits per heavy atom. The molecule has 0 aliphatic rings. The number of hydrogen-bond donors (Lipinski definition) is 0. The van der Waals surface area contributed by atoms with Crippen LogP contribution in [0.3, 0.4) is 0 Å². The summed E-state index contributed by atoms with van der Waals surface area (Å²) in [7, 11) is 0. The lowest BCUT2D eigenvalue weighted by molar-refractivity contribution is 0.617. The van der Waals surface area contributed by atoms with E-state index in [0.717, 1.165) is 10.4 Å². The van der Waals surface area contributed by atoms with E-state index in [9.17, 15) is 4.39 Å². The molecule has 16 heavy (non-hydrogen) atoms. The minimum atomic E-state index is -0.313. The molecule has 0 saturated carbocycles. The fraction of sp³-hybridized carbons (Fsp3) is 0.167. The second-order valence-corrected chi connectivity index (χ2v) is 5.30. The number of rotatable bonds is 2. The van der Waals surface area contributed by atoms with Crippen molar-refractivity contribution in [3.63, 3.8) is 0 Å². The van der Waals surface area contributed by atoms with Crippen molar-refractivity contribution in [3.05, 3.63) is 56.5 Å². The molecule has 0 spiro atoms. The molecule has 0 bridgehead atoms. The van der Waals surface area contributed by atoms with Crippen molar-refractivity contribution in [2.75, 3.05) is 0 Å². The third kappa shape index (κ3) is 2.24. The summed E-state index contributed by atoms with van der Waals surface area (Å²) in [6.45, 7) is 1.72. The maximum absolute atomic E-state index is 13.1. The molecule has 0 radical (unpaired) electrons. The topological polar surface area (TPSA) is 0 Å². The second-order valence-electron chi connectivity index (χ2n) is 3.50. The highest BCUT2D eigenvalue weighted by Crippen LogP contribution is 2.37. The lowest BCUT2D eigenvalue weighted by Gasteiger charge is -2.09. The molecule has 0 nitrogen and oxygen atoms in total. The van der Waals surface area contributed by atoms with Gasteiger partial charge in [0.15, 0.2) is 0 Å². The highest BCUT2D eigenvalue weighted by molar-refractivity contribution is 7.11. The number of thiophene rings is 1. The van der Waals surface area contributed by atoms with Gasteiger partial charge in [0.05, 0.1) is 10.4 Å². The van der Waals surface area contributed by atoms with Crippen molar-refractivity contribution >= 4 is 34.5 Å². The Morgan fingerprint density at radius 3 is 2.62 bits per heavy atom. The smallest absolute Gasteiger partial charge is 0.126 e. The van der Waals surface area contributed by atoms with Crippen LogP contribution in [0.15, 0.2) is 29.6 Å². The highest BCUT2D eigenvalue weighted by Gasteiger charge is 2.16. The summed E-state index contributed by atoms with van der Waals surface area (Å²) in [4.78, 5) is 0.898. The molecule has 0 aliphatic heterocycles. The van der Waals surface area contributed by atoms with Crippen molar-refractivity contribution in [1.29, 1.82) is 0 Å². The molecule has 0 aliphatic carbocycles. The van der Waals surface area contributed by atoms with Gasteiger partial charge in [-0.05, 0) is 35.6 Å². The maximum Gasteiger partial charge on any atom is 0.126 e. The Balaban J connectivity index is 2.38. The molecular weight excluding hydrogens is 266 g/mol. The fourth-order valence-corrected chi connectivity index (χ4v) is 3.09. The minimum Gasteiger partial charge on any atom is -0.207 e. The normalized spacial score (nSPS) is 12.8. The molecule has 2 rings (SSSR count). The molecule has 4 heteroatoms. The van der Waals surface area contributed by atoms with Crippen LogP contribution in [-0.2, 0) is 0 Å². The van der Waals surface area contributed by atoms with E-state index < -0.39 is 0 Å². The number of benzene rings is 1. The fourth-order valence-electron chi connectivity index (χ4n) is 1.46. The molecule has 0 N–H and O–H groups in total. The van der Waals surface area contributed by atoms with E-state index in [2.05, 4.69) is 0 Å². The zero-order valence-corrected chi connectivity index (χ0v) is 10.8. The van der Waals surface area contributed by atoms with Crippen molar-refractivity contribution in [1.82, 2.24) is 0 Å². The van der Waals surface area contributed by atoms with Gasteiger partial charge in [-0.1, -0.05) is 23.7 Å². The molecule has 1 aromatic heterocycles. The van der Waals surface area contributed by atoms with Gasteiger partial charge in [-0.15, -0.1) is 22.9 Å². The molecule has 1 atom stereocenters. The molecule has 0 fully saturated rings. The molecule has 0 saturated heterocycles. The zero-order chi connectivity index (χ0) is 11.7. The first-order valence-electron chi connectivity index (χ1n) is 4.72. The van der Waals surface area contributed by atoms with Crippen molar-refractivity contribution < 1.29 is 4.39 Å². The van der Waals surface area contributed by atoms with E-state index in [1.54, 1.807) is 19.1 Å². The van der Waals surface area contributed by atoms with Gasteiger partial charge >= 0.3 is 0 Å². The number of halogens is 3. The van der Waals surface area contributed by atoms with Gasteiger partial charge in [0, 0.05) is 4.88 Å². The molecule has 84 valence electrons. The molecular formula is C12H9Cl2FS. The van der Waals surface area contributed by atoms with Crippen molar-refractivity contribution in [2.45, 2.75) is 12.3 Å². The summed E-state index contributed by atoms with van der Waals surface area (Å²) in [6, 6.07) is 6.69. The van der Waals surface area contributed by atoms with Gasteiger partial charge in [0.25, 0.3) is 0 Å². The molecule has 1 heterocycles. The lowest BCUT2D eigenvalue weighted by Crippen LogP contribution is -1.93. The Kier molecular flexibility index (Phi) is 3.53. The van der Waals surface area contributed by atoms with Crippen LogP contribution in [-0.4, -0.2) is 0 Å². The second kappa shape index (κ2) is 4.74. The van der Waals surface area contributed by atoms with E-state index in [1.807, 2.05) is 11.4 Å². The maximum atomic E-state index is 13.1. The van der Waals surface area contributed by atoms with E-state index in [-0.39, 0.29) is 11.2 Å². The molecule has 1 aromatic carbocycles. The summed E-state index contributed by atoms with van der Waals surface area (Å²) in [5.74, 6) is -0.218. The third-order valence-electron chi connectivity index (χ3n) is 2.35. The highest BCUT2D eigenvalue weighted by atomic mass is 35.5. The van der Waals surface area contributed by atoms with Crippen LogP contribution >= 0.6 is 34.5 Å². The SMILES string of the molecule is Cc1cc(C(Cl)c2sccc2Cl)ccc1F.